The number of imide groups is 1. The van der Waals surface area contributed by atoms with Gasteiger partial charge in [-0.25, -0.2) is 4.79 Å². The Labute approximate surface area is 145 Å². The molecule has 25 heavy (non-hydrogen) atoms. The Morgan fingerprint density at radius 1 is 1.00 bits per heavy atom. The summed E-state index contributed by atoms with van der Waals surface area (Å²) in [5, 5.41) is 12.2. The van der Waals surface area contributed by atoms with Gasteiger partial charge in [0.2, 0.25) is 5.91 Å². The molecule has 2 N–H and O–H groups in total. The summed E-state index contributed by atoms with van der Waals surface area (Å²) in [4.78, 5) is 49.6. The van der Waals surface area contributed by atoms with Gasteiger partial charge in [-0.05, 0) is 25.0 Å². The Hall–Kier alpha value is -2.70. The van der Waals surface area contributed by atoms with Gasteiger partial charge >= 0.3 is 5.97 Å². The Morgan fingerprint density at radius 2 is 1.52 bits per heavy atom. The van der Waals surface area contributed by atoms with E-state index in [0.29, 0.717) is 12.8 Å². The Balaban J connectivity index is 1.73. The number of nitrogens with zero attached hydrogens (tertiary/aromatic N) is 1. The predicted molar refractivity (Wildman–Crippen MR) is 88.0 cm³/mol. The van der Waals surface area contributed by atoms with Crippen molar-refractivity contribution in [1.82, 2.24) is 10.2 Å². The number of carboxylic acid groups (broad SMARTS) is 1. The zero-order chi connectivity index (χ0) is 18.0. The maximum Gasteiger partial charge on any atom is 0.329 e. The van der Waals surface area contributed by atoms with E-state index in [1.165, 1.54) is 12.1 Å². The summed E-state index contributed by atoms with van der Waals surface area (Å²) in [5.41, 5.74) is -0.780. The maximum atomic E-state index is 12.4. The molecule has 1 aromatic carbocycles. The molecule has 7 heteroatoms. The first-order valence-corrected chi connectivity index (χ1v) is 8.44. The molecule has 132 valence electrons. The summed E-state index contributed by atoms with van der Waals surface area (Å²) in [6, 6.07) is 6.38. The van der Waals surface area contributed by atoms with Gasteiger partial charge in [0.15, 0.2) is 0 Å². The number of aliphatic carboxylic acids is 1. The van der Waals surface area contributed by atoms with Gasteiger partial charge in [-0.2, -0.15) is 0 Å². The highest BCUT2D eigenvalue weighted by molar-refractivity contribution is 6.22. The number of hydrogen-bond acceptors (Lipinski definition) is 4. The molecule has 0 saturated heterocycles. The molecule has 0 unspecified atom stereocenters. The number of nitrogens with one attached hydrogen (secondary N) is 1. The van der Waals surface area contributed by atoms with Crippen molar-refractivity contribution in [2.45, 2.75) is 44.1 Å². The minimum Gasteiger partial charge on any atom is -0.480 e. The Kier molecular flexibility index (Phi) is 4.57. The minimum absolute atomic E-state index is 0.266. The number of fused-ring (bicyclic) bond motifs is 1. The van der Waals surface area contributed by atoms with E-state index in [1.54, 1.807) is 12.1 Å². The average molecular weight is 344 g/mol. The summed E-state index contributed by atoms with van der Waals surface area (Å²) in [6.45, 7) is -0.471. The monoisotopic (exact) mass is 344 g/mol. The van der Waals surface area contributed by atoms with Crippen LogP contribution in [0.15, 0.2) is 24.3 Å². The molecule has 0 spiro atoms. The molecule has 1 fully saturated rings. The van der Waals surface area contributed by atoms with Crippen LogP contribution in [0.2, 0.25) is 0 Å². The van der Waals surface area contributed by atoms with Gasteiger partial charge in [-0.1, -0.05) is 37.8 Å². The van der Waals surface area contributed by atoms with Crippen LogP contribution in [0.4, 0.5) is 0 Å². The van der Waals surface area contributed by atoms with Gasteiger partial charge in [0.05, 0.1) is 11.1 Å². The lowest BCUT2D eigenvalue weighted by molar-refractivity contribution is -0.148. The second-order valence-corrected chi connectivity index (χ2v) is 6.59. The topological polar surface area (TPSA) is 104 Å². The highest BCUT2D eigenvalue weighted by atomic mass is 16.4. The number of carbonyl (C=O) groups excluding carboxylic acids is 3. The van der Waals surface area contributed by atoms with Crippen LogP contribution in [-0.2, 0) is 9.59 Å². The number of amides is 3. The fraction of sp³-hybridized carbons (Fsp3) is 0.444. The van der Waals surface area contributed by atoms with Crippen molar-refractivity contribution in [2.24, 2.45) is 0 Å². The molecule has 3 amide bonds. The molecule has 1 aliphatic carbocycles. The van der Waals surface area contributed by atoms with Gasteiger partial charge in [-0.3, -0.25) is 19.3 Å². The number of carboxylic acids is 1. The first-order valence-electron chi connectivity index (χ1n) is 8.44. The lowest BCUT2D eigenvalue weighted by Gasteiger charge is -2.30. The molecule has 1 aromatic rings. The first kappa shape index (κ1) is 17.1. The van der Waals surface area contributed by atoms with Gasteiger partial charge in [-0.15, -0.1) is 0 Å². The summed E-state index contributed by atoms with van der Waals surface area (Å²) in [6.07, 6.45) is 4.03. The quantitative estimate of drug-likeness (QED) is 0.637. The zero-order valence-corrected chi connectivity index (χ0v) is 13.8. The fourth-order valence-corrected chi connectivity index (χ4v) is 3.56. The van der Waals surface area contributed by atoms with Crippen LogP contribution < -0.4 is 5.32 Å². The lowest BCUT2D eigenvalue weighted by Crippen LogP contribution is -2.56. The third kappa shape index (κ3) is 3.14. The van der Waals surface area contributed by atoms with E-state index < -0.39 is 35.8 Å². The summed E-state index contributed by atoms with van der Waals surface area (Å²) < 4.78 is 0. The van der Waals surface area contributed by atoms with Crippen molar-refractivity contribution in [3.05, 3.63) is 35.4 Å². The molecule has 1 heterocycles. The maximum absolute atomic E-state index is 12.4. The van der Waals surface area contributed by atoms with Crippen LogP contribution >= 0.6 is 0 Å². The molecule has 0 aromatic heterocycles. The van der Waals surface area contributed by atoms with Crippen LogP contribution in [0, 0.1) is 0 Å². The van der Waals surface area contributed by atoms with E-state index in [9.17, 15) is 24.3 Å². The second-order valence-electron chi connectivity index (χ2n) is 6.59. The van der Waals surface area contributed by atoms with Crippen molar-refractivity contribution in [3.63, 3.8) is 0 Å². The van der Waals surface area contributed by atoms with E-state index in [-0.39, 0.29) is 11.1 Å². The average Bonchev–Trinajstić information content (AvgIpc) is 2.76. The molecule has 7 nitrogen and oxygen atoms in total. The Bertz CT molecular complexity index is 700. The normalized spacial score (nSPS) is 19.3. The van der Waals surface area contributed by atoms with Gasteiger partial charge in [0.25, 0.3) is 11.8 Å². The van der Waals surface area contributed by atoms with Crippen LogP contribution in [0.3, 0.4) is 0 Å². The summed E-state index contributed by atoms with van der Waals surface area (Å²) in [5.74, 6) is -2.74. The van der Waals surface area contributed by atoms with E-state index in [4.69, 9.17) is 0 Å². The SMILES string of the molecule is O=C(CN1C(=O)c2ccccc2C1=O)NC1(C(=O)O)CCCCCC1. The van der Waals surface area contributed by atoms with Crippen LogP contribution in [-0.4, -0.2) is 45.8 Å². The van der Waals surface area contributed by atoms with E-state index in [0.717, 1.165) is 30.6 Å². The molecule has 3 rings (SSSR count). The number of carbonyl (C=O) groups is 4. The standard InChI is InChI=1S/C18H20N2O5/c21-14(19-18(17(24)25)9-5-1-2-6-10-18)11-20-15(22)12-7-3-4-8-13(12)16(20)23/h3-4,7-8H,1-2,5-6,9-11H2,(H,19,21)(H,24,25). The van der Waals surface area contributed by atoms with Crippen LogP contribution in [0.5, 0.6) is 0 Å². The number of rotatable bonds is 4. The number of hydrogen-bond donors (Lipinski definition) is 2. The summed E-state index contributed by atoms with van der Waals surface area (Å²) in [7, 11) is 0. The van der Waals surface area contributed by atoms with Crippen molar-refractivity contribution < 1.29 is 24.3 Å². The first-order chi connectivity index (χ1) is 11.9. The Morgan fingerprint density at radius 3 is 2.00 bits per heavy atom. The van der Waals surface area contributed by atoms with Crippen molar-refractivity contribution in [3.8, 4) is 0 Å². The molecule has 0 bridgehead atoms. The van der Waals surface area contributed by atoms with E-state index in [1.807, 2.05) is 0 Å². The van der Waals surface area contributed by atoms with Crippen molar-refractivity contribution in [2.75, 3.05) is 6.54 Å². The van der Waals surface area contributed by atoms with E-state index >= 15 is 0 Å². The van der Waals surface area contributed by atoms with Crippen LogP contribution in [0.1, 0.15) is 59.2 Å². The summed E-state index contributed by atoms with van der Waals surface area (Å²) >= 11 is 0. The number of benzene rings is 1. The molecule has 0 radical (unpaired) electrons. The van der Waals surface area contributed by atoms with Gasteiger partial charge in [0.1, 0.15) is 12.1 Å². The smallest absolute Gasteiger partial charge is 0.329 e. The van der Waals surface area contributed by atoms with E-state index in [2.05, 4.69) is 5.32 Å². The molecule has 1 aliphatic heterocycles. The fourth-order valence-electron chi connectivity index (χ4n) is 3.56. The molecular weight excluding hydrogens is 324 g/mol. The van der Waals surface area contributed by atoms with Crippen molar-refractivity contribution >= 4 is 23.7 Å². The molecule has 2 aliphatic rings. The third-order valence-corrected chi connectivity index (χ3v) is 4.93. The lowest BCUT2D eigenvalue weighted by atomic mass is 9.90. The van der Waals surface area contributed by atoms with Gasteiger partial charge in [0, 0.05) is 0 Å². The highest BCUT2D eigenvalue weighted by Crippen LogP contribution is 2.28. The highest BCUT2D eigenvalue weighted by Gasteiger charge is 2.42. The second kappa shape index (κ2) is 6.66. The van der Waals surface area contributed by atoms with Crippen molar-refractivity contribution in [1.29, 1.82) is 0 Å². The molecule has 0 atom stereocenters. The van der Waals surface area contributed by atoms with Gasteiger partial charge < -0.3 is 10.4 Å². The third-order valence-electron chi connectivity index (χ3n) is 4.93. The van der Waals surface area contributed by atoms with Crippen LogP contribution in [0.25, 0.3) is 0 Å². The zero-order valence-electron chi connectivity index (χ0n) is 13.8. The molecule has 1 saturated carbocycles. The predicted octanol–water partition coefficient (Wildman–Crippen LogP) is 1.58. The minimum atomic E-state index is -1.31. The largest absolute Gasteiger partial charge is 0.480 e. The molecular formula is C18H20N2O5.